The highest BCUT2D eigenvalue weighted by Gasteiger charge is 2.51. The highest BCUT2D eigenvalue weighted by Crippen LogP contribution is 2.36. The first kappa shape index (κ1) is 10.6. The van der Waals surface area contributed by atoms with E-state index < -0.39 is 11.5 Å². The molecule has 0 unspecified atom stereocenters. The third-order valence-corrected chi connectivity index (χ3v) is 3.99. The molecule has 4 nitrogen and oxygen atoms in total. The maximum absolute atomic E-state index is 11.6. The Morgan fingerprint density at radius 1 is 1.53 bits per heavy atom. The summed E-state index contributed by atoms with van der Waals surface area (Å²) in [6.45, 7) is 0. The highest BCUT2D eigenvalue weighted by molar-refractivity contribution is 9.10. The van der Waals surface area contributed by atoms with Crippen LogP contribution in [0.5, 0.6) is 0 Å². The molecular weight excluding hydrogens is 282 g/mol. The van der Waals surface area contributed by atoms with Crippen LogP contribution in [-0.4, -0.2) is 22.5 Å². The minimum Gasteiger partial charge on any atom is -0.480 e. The average molecular weight is 290 g/mol. The number of hydrogen-bond acceptors (Lipinski definition) is 3. The molecule has 2 N–H and O–H groups in total. The number of hydrogen-bond donors (Lipinski definition) is 2. The zero-order valence-corrected chi connectivity index (χ0v) is 10.0. The van der Waals surface area contributed by atoms with E-state index in [4.69, 9.17) is 5.11 Å². The fraction of sp³-hybridized carbons (Fsp3) is 0.333. The normalized spacial score (nSPS) is 17.1. The molecule has 1 heterocycles. The Balaban J connectivity index is 2.08. The van der Waals surface area contributed by atoms with Crippen molar-refractivity contribution in [3.63, 3.8) is 0 Å². The Bertz CT molecular complexity index is 425. The minimum absolute atomic E-state index is 0.314. The van der Waals surface area contributed by atoms with Crippen molar-refractivity contribution in [2.24, 2.45) is 0 Å². The minimum atomic E-state index is -1.01. The Hall–Kier alpha value is -0.880. The fourth-order valence-electron chi connectivity index (χ4n) is 1.23. The van der Waals surface area contributed by atoms with Gasteiger partial charge in [-0.3, -0.25) is 4.79 Å². The first-order valence-electron chi connectivity index (χ1n) is 4.33. The van der Waals surface area contributed by atoms with Crippen molar-refractivity contribution in [3.05, 3.63) is 20.8 Å². The SMILES string of the molecule is O=C(NC1(C(=O)O)CC1)c1cc(Br)cs1. The quantitative estimate of drug-likeness (QED) is 0.893. The first-order chi connectivity index (χ1) is 7.03. The number of nitrogens with one attached hydrogen (secondary N) is 1. The van der Waals surface area contributed by atoms with Crippen molar-refractivity contribution in [2.75, 3.05) is 0 Å². The summed E-state index contributed by atoms with van der Waals surface area (Å²) >= 11 is 4.52. The Morgan fingerprint density at radius 3 is 2.60 bits per heavy atom. The van der Waals surface area contributed by atoms with Crippen LogP contribution in [0.2, 0.25) is 0 Å². The molecule has 0 bridgehead atoms. The predicted molar refractivity (Wildman–Crippen MR) is 59.1 cm³/mol. The Kier molecular flexibility index (Phi) is 2.56. The van der Waals surface area contributed by atoms with Crippen molar-refractivity contribution in [3.8, 4) is 0 Å². The predicted octanol–water partition coefficient (Wildman–Crippen LogP) is 1.86. The molecule has 0 spiro atoms. The lowest BCUT2D eigenvalue weighted by Crippen LogP contribution is -2.42. The molecule has 2 rings (SSSR count). The van der Waals surface area contributed by atoms with Crippen LogP contribution in [0.4, 0.5) is 0 Å². The van der Waals surface area contributed by atoms with Crippen LogP contribution in [0, 0.1) is 0 Å². The maximum Gasteiger partial charge on any atom is 0.329 e. The van der Waals surface area contributed by atoms with Gasteiger partial charge in [-0.15, -0.1) is 11.3 Å². The molecule has 0 atom stereocenters. The van der Waals surface area contributed by atoms with Crippen LogP contribution in [-0.2, 0) is 4.79 Å². The van der Waals surface area contributed by atoms with Gasteiger partial charge in [-0.05, 0) is 34.8 Å². The second-order valence-electron chi connectivity index (χ2n) is 3.47. The van der Waals surface area contributed by atoms with E-state index in [1.807, 2.05) is 0 Å². The van der Waals surface area contributed by atoms with E-state index >= 15 is 0 Å². The molecule has 15 heavy (non-hydrogen) atoms. The van der Waals surface area contributed by atoms with Crippen molar-refractivity contribution in [1.82, 2.24) is 5.32 Å². The number of aliphatic carboxylic acids is 1. The summed E-state index contributed by atoms with van der Waals surface area (Å²) in [6.07, 6.45) is 1.03. The van der Waals surface area contributed by atoms with Crippen LogP contribution < -0.4 is 5.32 Å². The summed E-state index contributed by atoms with van der Waals surface area (Å²) in [5, 5.41) is 13.2. The summed E-state index contributed by atoms with van der Waals surface area (Å²) in [5.41, 5.74) is -1.01. The average Bonchev–Trinajstić information content (AvgIpc) is 2.82. The molecule has 6 heteroatoms. The number of carboxylic acids is 1. The molecule has 1 saturated carbocycles. The van der Waals surface area contributed by atoms with Gasteiger partial charge in [-0.1, -0.05) is 0 Å². The van der Waals surface area contributed by atoms with E-state index in [2.05, 4.69) is 21.2 Å². The Morgan fingerprint density at radius 2 is 2.20 bits per heavy atom. The molecule has 1 aromatic heterocycles. The number of thiophene rings is 1. The van der Waals surface area contributed by atoms with Gasteiger partial charge in [-0.2, -0.15) is 0 Å². The molecule has 1 amide bonds. The van der Waals surface area contributed by atoms with Gasteiger partial charge in [0, 0.05) is 9.85 Å². The van der Waals surface area contributed by atoms with Crippen LogP contribution >= 0.6 is 27.3 Å². The highest BCUT2D eigenvalue weighted by atomic mass is 79.9. The van der Waals surface area contributed by atoms with Gasteiger partial charge in [0.1, 0.15) is 5.54 Å². The zero-order valence-electron chi connectivity index (χ0n) is 7.62. The van der Waals surface area contributed by atoms with Crippen LogP contribution in [0.3, 0.4) is 0 Å². The second-order valence-corrected chi connectivity index (χ2v) is 5.30. The lowest BCUT2D eigenvalue weighted by molar-refractivity contribution is -0.140. The summed E-state index contributed by atoms with van der Waals surface area (Å²) in [5.74, 6) is -1.27. The summed E-state index contributed by atoms with van der Waals surface area (Å²) in [6, 6.07) is 1.68. The summed E-state index contributed by atoms with van der Waals surface area (Å²) < 4.78 is 0.831. The molecule has 1 fully saturated rings. The molecule has 0 saturated heterocycles. The standard InChI is InChI=1S/C9H8BrNO3S/c10-5-3-6(15-4-5)7(12)11-9(1-2-9)8(13)14/h3-4H,1-2H2,(H,11,12)(H,13,14). The molecule has 1 aliphatic rings. The van der Waals surface area contributed by atoms with E-state index in [1.54, 1.807) is 11.4 Å². The van der Waals surface area contributed by atoms with Crippen molar-refractivity contribution in [1.29, 1.82) is 0 Å². The van der Waals surface area contributed by atoms with Gasteiger partial charge < -0.3 is 10.4 Å². The van der Waals surface area contributed by atoms with Crippen molar-refractivity contribution < 1.29 is 14.7 Å². The second kappa shape index (κ2) is 3.61. The summed E-state index contributed by atoms with van der Waals surface area (Å²) in [7, 11) is 0. The topological polar surface area (TPSA) is 66.4 Å². The molecule has 0 radical (unpaired) electrons. The number of carboxylic acid groups (broad SMARTS) is 1. The number of halogens is 1. The third-order valence-electron chi connectivity index (χ3n) is 2.30. The Labute approximate surface area is 98.4 Å². The molecule has 1 aromatic rings. The lowest BCUT2D eigenvalue weighted by Gasteiger charge is -2.10. The third kappa shape index (κ3) is 2.05. The number of amides is 1. The van der Waals surface area contributed by atoms with E-state index in [0.717, 1.165) is 4.47 Å². The van der Waals surface area contributed by atoms with Gasteiger partial charge >= 0.3 is 5.97 Å². The van der Waals surface area contributed by atoms with Crippen LogP contribution in [0.15, 0.2) is 15.9 Å². The first-order valence-corrected chi connectivity index (χ1v) is 6.01. The number of carbonyl (C=O) groups is 2. The van der Waals surface area contributed by atoms with E-state index in [9.17, 15) is 9.59 Å². The van der Waals surface area contributed by atoms with Gasteiger partial charge in [0.25, 0.3) is 5.91 Å². The largest absolute Gasteiger partial charge is 0.480 e. The van der Waals surface area contributed by atoms with Crippen molar-refractivity contribution in [2.45, 2.75) is 18.4 Å². The van der Waals surface area contributed by atoms with Crippen LogP contribution in [0.1, 0.15) is 22.5 Å². The molecule has 0 aromatic carbocycles. The molecule has 80 valence electrons. The number of carbonyl (C=O) groups excluding carboxylic acids is 1. The molecule has 1 aliphatic carbocycles. The zero-order chi connectivity index (χ0) is 11.1. The molecular formula is C9H8BrNO3S. The molecule has 0 aliphatic heterocycles. The van der Waals surface area contributed by atoms with Gasteiger partial charge in [0.15, 0.2) is 0 Å². The maximum atomic E-state index is 11.6. The van der Waals surface area contributed by atoms with E-state index in [1.165, 1.54) is 11.3 Å². The van der Waals surface area contributed by atoms with E-state index in [0.29, 0.717) is 17.7 Å². The smallest absolute Gasteiger partial charge is 0.329 e. The lowest BCUT2D eigenvalue weighted by atomic mass is 10.2. The van der Waals surface area contributed by atoms with Gasteiger partial charge in [0.05, 0.1) is 4.88 Å². The van der Waals surface area contributed by atoms with Gasteiger partial charge in [0.2, 0.25) is 0 Å². The number of rotatable bonds is 3. The van der Waals surface area contributed by atoms with Gasteiger partial charge in [-0.25, -0.2) is 4.79 Å². The van der Waals surface area contributed by atoms with Crippen molar-refractivity contribution >= 4 is 39.1 Å². The fourth-order valence-corrected chi connectivity index (χ4v) is 2.55. The van der Waals surface area contributed by atoms with Crippen LogP contribution in [0.25, 0.3) is 0 Å². The monoisotopic (exact) mass is 289 g/mol. The summed E-state index contributed by atoms with van der Waals surface area (Å²) in [4.78, 5) is 23.0. The van der Waals surface area contributed by atoms with E-state index in [-0.39, 0.29) is 5.91 Å².